The molecule has 0 spiro atoms. The van der Waals surface area contributed by atoms with Crippen molar-refractivity contribution in [3.05, 3.63) is 40.3 Å². The summed E-state index contributed by atoms with van der Waals surface area (Å²) in [5.74, 6) is 0. The standard InChI is InChI=1S/C18H24N4OS/c1-14-19-12-15(24-14)13-20-18(23)21-16-8-4-5-9-17(16)22-10-6-2-3-7-11-22/h4-5,8-9,12H,2-3,6-7,10-11,13H2,1H3,(H2,20,21,23). The first-order valence-corrected chi connectivity index (χ1v) is 9.34. The zero-order chi connectivity index (χ0) is 16.8. The van der Waals surface area contributed by atoms with Gasteiger partial charge in [0.25, 0.3) is 0 Å². The molecule has 0 radical (unpaired) electrons. The van der Waals surface area contributed by atoms with Crippen LogP contribution in [0.1, 0.15) is 35.6 Å². The lowest BCUT2D eigenvalue weighted by atomic mass is 10.2. The van der Waals surface area contributed by atoms with Gasteiger partial charge in [0.15, 0.2) is 0 Å². The number of hydrogen-bond donors (Lipinski definition) is 2. The number of hydrogen-bond acceptors (Lipinski definition) is 4. The third kappa shape index (κ3) is 4.47. The van der Waals surface area contributed by atoms with Crippen molar-refractivity contribution in [2.75, 3.05) is 23.3 Å². The summed E-state index contributed by atoms with van der Waals surface area (Å²) in [7, 11) is 0. The van der Waals surface area contributed by atoms with Gasteiger partial charge in [-0.15, -0.1) is 11.3 Å². The number of nitrogens with zero attached hydrogens (tertiary/aromatic N) is 2. The minimum atomic E-state index is -0.177. The summed E-state index contributed by atoms with van der Waals surface area (Å²) >= 11 is 1.60. The molecule has 128 valence electrons. The van der Waals surface area contributed by atoms with E-state index in [-0.39, 0.29) is 6.03 Å². The Hall–Kier alpha value is -2.08. The molecular formula is C18H24N4OS. The van der Waals surface area contributed by atoms with E-state index in [1.54, 1.807) is 11.3 Å². The number of amides is 2. The number of carbonyl (C=O) groups is 1. The lowest BCUT2D eigenvalue weighted by Gasteiger charge is -2.25. The predicted molar refractivity (Wildman–Crippen MR) is 99.8 cm³/mol. The maximum Gasteiger partial charge on any atom is 0.319 e. The summed E-state index contributed by atoms with van der Waals surface area (Å²) in [5, 5.41) is 6.92. The summed E-state index contributed by atoms with van der Waals surface area (Å²) in [4.78, 5) is 19.9. The number of para-hydroxylation sites is 2. The van der Waals surface area contributed by atoms with Crippen molar-refractivity contribution in [2.24, 2.45) is 0 Å². The number of benzene rings is 1. The van der Waals surface area contributed by atoms with Gasteiger partial charge < -0.3 is 15.5 Å². The summed E-state index contributed by atoms with van der Waals surface area (Å²) in [6.07, 6.45) is 6.82. The summed E-state index contributed by atoms with van der Waals surface area (Å²) in [6.45, 7) is 4.58. The van der Waals surface area contributed by atoms with Gasteiger partial charge in [-0.3, -0.25) is 0 Å². The second-order valence-corrected chi connectivity index (χ2v) is 7.39. The molecule has 2 heterocycles. The molecule has 0 unspecified atom stereocenters. The second kappa shape index (κ2) is 8.15. The molecular weight excluding hydrogens is 320 g/mol. The van der Waals surface area contributed by atoms with Gasteiger partial charge in [-0.1, -0.05) is 25.0 Å². The Kier molecular flexibility index (Phi) is 5.69. The van der Waals surface area contributed by atoms with Crippen molar-refractivity contribution in [1.29, 1.82) is 0 Å². The van der Waals surface area contributed by atoms with Crippen LogP contribution in [-0.2, 0) is 6.54 Å². The maximum atomic E-state index is 12.2. The van der Waals surface area contributed by atoms with E-state index in [0.29, 0.717) is 6.54 Å². The number of thiazole rings is 1. The highest BCUT2D eigenvalue weighted by Crippen LogP contribution is 2.27. The van der Waals surface area contributed by atoms with Crippen LogP contribution in [0.5, 0.6) is 0 Å². The van der Waals surface area contributed by atoms with Gasteiger partial charge in [-0.05, 0) is 31.9 Å². The van der Waals surface area contributed by atoms with Gasteiger partial charge in [0.2, 0.25) is 0 Å². The number of anilines is 2. The second-order valence-electron chi connectivity index (χ2n) is 6.07. The van der Waals surface area contributed by atoms with E-state index in [4.69, 9.17) is 0 Å². The molecule has 2 aromatic rings. The molecule has 2 amide bonds. The fourth-order valence-electron chi connectivity index (χ4n) is 2.99. The molecule has 1 aromatic heterocycles. The Morgan fingerprint density at radius 3 is 2.67 bits per heavy atom. The first-order chi connectivity index (χ1) is 11.7. The van der Waals surface area contributed by atoms with Crippen LogP contribution in [0.3, 0.4) is 0 Å². The number of aromatic nitrogens is 1. The van der Waals surface area contributed by atoms with Gasteiger partial charge in [0.05, 0.1) is 22.9 Å². The average molecular weight is 344 g/mol. The topological polar surface area (TPSA) is 57.3 Å². The molecule has 2 N–H and O–H groups in total. The van der Waals surface area contributed by atoms with E-state index in [9.17, 15) is 4.79 Å². The first-order valence-electron chi connectivity index (χ1n) is 8.52. The normalized spacial score (nSPS) is 15.0. The van der Waals surface area contributed by atoms with E-state index >= 15 is 0 Å². The van der Waals surface area contributed by atoms with E-state index < -0.39 is 0 Å². The van der Waals surface area contributed by atoms with Crippen molar-refractivity contribution in [2.45, 2.75) is 39.2 Å². The molecule has 0 bridgehead atoms. The third-order valence-electron chi connectivity index (χ3n) is 4.19. The van der Waals surface area contributed by atoms with E-state index in [1.807, 2.05) is 31.3 Å². The molecule has 1 fully saturated rings. The van der Waals surface area contributed by atoms with Gasteiger partial charge >= 0.3 is 6.03 Å². The lowest BCUT2D eigenvalue weighted by molar-refractivity contribution is 0.252. The maximum absolute atomic E-state index is 12.2. The molecule has 1 aliphatic rings. The predicted octanol–water partition coefficient (Wildman–Crippen LogP) is 4.15. The fourth-order valence-corrected chi connectivity index (χ4v) is 3.72. The number of carbonyl (C=O) groups excluding carboxylic acids is 1. The number of urea groups is 1. The molecule has 1 aliphatic heterocycles. The zero-order valence-electron chi connectivity index (χ0n) is 14.0. The first kappa shape index (κ1) is 16.8. The van der Waals surface area contributed by atoms with Crippen LogP contribution in [0, 0.1) is 6.92 Å². The molecule has 5 nitrogen and oxygen atoms in total. The van der Waals surface area contributed by atoms with Gasteiger partial charge in [-0.25, -0.2) is 9.78 Å². The van der Waals surface area contributed by atoms with Crippen LogP contribution in [-0.4, -0.2) is 24.1 Å². The quantitative estimate of drug-likeness (QED) is 0.876. The minimum absolute atomic E-state index is 0.177. The van der Waals surface area contributed by atoms with Crippen LogP contribution in [0.15, 0.2) is 30.5 Å². The minimum Gasteiger partial charge on any atom is -0.370 e. The zero-order valence-corrected chi connectivity index (χ0v) is 14.9. The van der Waals surface area contributed by atoms with Crippen molar-refractivity contribution < 1.29 is 4.79 Å². The van der Waals surface area contributed by atoms with Crippen molar-refractivity contribution in [3.8, 4) is 0 Å². The summed E-state index contributed by atoms with van der Waals surface area (Å²) in [6, 6.07) is 7.88. The number of aryl methyl sites for hydroxylation is 1. The average Bonchev–Trinajstić information content (AvgIpc) is 2.83. The Labute approximate surface area is 147 Å². The highest BCUT2D eigenvalue weighted by molar-refractivity contribution is 7.11. The van der Waals surface area contributed by atoms with Crippen molar-refractivity contribution in [3.63, 3.8) is 0 Å². The summed E-state index contributed by atoms with van der Waals surface area (Å²) in [5.41, 5.74) is 1.99. The highest BCUT2D eigenvalue weighted by Gasteiger charge is 2.14. The summed E-state index contributed by atoms with van der Waals surface area (Å²) < 4.78 is 0. The van der Waals surface area contributed by atoms with Crippen LogP contribution < -0.4 is 15.5 Å². The van der Waals surface area contributed by atoms with Gasteiger partial charge in [-0.2, -0.15) is 0 Å². The molecule has 24 heavy (non-hydrogen) atoms. The largest absolute Gasteiger partial charge is 0.370 e. The lowest BCUT2D eigenvalue weighted by Crippen LogP contribution is -2.30. The Morgan fingerprint density at radius 2 is 1.96 bits per heavy atom. The molecule has 3 rings (SSSR count). The van der Waals surface area contributed by atoms with Crippen molar-refractivity contribution >= 4 is 28.7 Å². The molecule has 0 atom stereocenters. The van der Waals surface area contributed by atoms with E-state index in [2.05, 4.69) is 26.6 Å². The Bertz CT molecular complexity index is 677. The smallest absolute Gasteiger partial charge is 0.319 e. The van der Waals surface area contributed by atoms with Crippen LogP contribution in [0.4, 0.5) is 16.2 Å². The third-order valence-corrected chi connectivity index (χ3v) is 5.10. The van der Waals surface area contributed by atoms with Crippen molar-refractivity contribution in [1.82, 2.24) is 10.3 Å². The van der Waals surface area contributed by atoms with Crippen LogP contribution in [0.2, 0.25) is 0 Å². The van der Waals surface area contributed by atoms with Crippen LogP contribution in [0.25, 0.3) is 0 Å². The van der Waals surface area contributed by atoms with Gasteiger partial charge in [0.1, 0.15) is 0 Å². The van der Waals surface area contributed by atoms with E-state index in [1.165, 1.54) is 25.7 Å². The fraction of sp³-hybridized carbons (Fsp3) is 0.444. The highest BCUT2D eigenvalue weighted by atomic mass is 32.1. The van der Waals surface area contributed by atoms with E-state index in [0.717, 1.165) is 34.3 Å². The number of nitrogens with one attached hydrogen (secondary N) is 2. The van der Waals surface area contributed by atoms with Gasteiger partial charge in [0, 0.05) is 24.2 Å². The molecule has 1 aromatic carbocycles. The Balaban J connectivity index is 1.62. The molecule has 0 saturated carbocycles. The molecule has 6 heteroatoms. The monoisotopic (exact) mass is 344 g/mol. The van der Waals surface area contributed by atoms with Crippen LogP contribution >= 0.6 is 11.3 Å². The Morgan fingerprint density at radius 1 is 1.21 bits per heavy atom. The molecule has 1 saturated heterocycles. The molecule has 0 aliphatic carbocycles. The number of rotatable bonds is 4. The SMILES string of the molecule is Cc1ncc(CNC(=O)Nc2ccccc2N2CCCCCC2)s1.